The van der Waals surface area contributed by atoms with Crippen molar-refractivity contribution in [2.24, 2.45) is 0 Å². The number of aliphatic carboxylic acids is 1. The van der Waals surface area contributed by atoms with Gasteiger partial charge in [-0.05, 0) is 35.9 Å². The van der Waals surface area contributed by atoms with Gasteiger partial charge in [0.05, 0.1) is 0 Å². The average molecular weight is 315 g/mol. The fourth-order valence-electron chi connectivity index (χ4n) is 2.86. The van der Waals surface area contributed by atoms with Gasteiger partial charge in [0.1, 0.15) is 5.92 Å². The number of nitrogens with zero attached hydrogens (tertiary/aromatic N) is 1. The summed E-state index contributed by atoms with van der Waals surface area (Å²) in [6.07, 6.45) is 2.12. The Morgan fingerprint density at radius 3 is 2.77 bits per heavy atom. The minimum Gasteiger partial charge on any atom is -0.481 e. The predicted octanol–water partition coefficient (Wildman–Crippen LogP) is 3.29. The molecule has 3 rings (SSSR count). The summed E-state index contributed by atoms with van der Waals surface area (Å²) in [5.41, 5.74) is 1.48. The molecule has 1 amide bonds. The molecule has 114 valence electrons. The van der Waals surface area contributed by atoms with Crippen LogP contribution in [0.15, 0.2) is 41.8 Å². The number of fused-ring (bicyclic) bond motifs is 1. The molecule has 0 bridgehead atoms. The quantitative estimate of drug-likeness (QED) is 0.921. The first-order valence-corrected chi connectivity index (χ1v) is 8.19. The van der Waals surface area contributed by atoms with Crippen molar-refractivity contribution in [2.75, 3.05) is 11.4 Å². The van der Waals surface area contributed by atoms with Crippen LogP contribution in [0.5, 0.6) is 0 Å². The molecule has 0 saturated carbocycles. The van der Waals surface area contributed by atoms with Gasteiger partial charge in [0, 0.05) is 23.5 Å². The maximum Gasteiger partial charge on any atom is 0.312 e. The lowest BCUT2D eigenvalue weighted by molar-refractivity contribution is -0.138. The summed E-state index contributed by atoms with van der Waals surface area (Å²) in [5, 5.41) is 11.4. The second-order valence-electron chi connectivity index (χ2n) is 5.39. The highest BCUT2D eigenvalue weighted by atomic mass is 32.1. The van der Waals surface area contributed by atoms with E-state index in [1.54, 1.807) is 22.3 Å². The first kappa shape index (κ1) is 14.8. The van der Waals surface area contributed by atoms with Gasteiger partial charge >= 0.3 is 5.97 Å². The number of hydrogen-bond donors (Lipinski definition) is 1. The van der Waals surface area contributed by atoms with Crippen molar-refractivity contribution in [1.29, 1.82) is 0 Å². The Balaban J connectivity index is 1.67. The molecule has 5 heteroatoms. The molecular weight excluding hydrogens is 298 g/mol. The molecule has 0 fully saturated rings. The molecular formula is C17H17NO3S. The molecule has 1 atom stereocenters. The van der Waals surface area contributed by atoms with E-state index in [4.69, 9.17) is 0 Å². The molecule has 2 aromatic rings. The summed E-state index contributed by atoms with van der Waals surface area (Å²) < 4.78 is 0. The summed E-state index contributed by atoms with van der Waals surface area (Å²) in [6.45, 7) is 0.243. The van der Waals surface area contributed by atoms with Gasteiger partial charge in [-0.3, -0.25) is 9.59 Å². The van der Waals surface area contributed by atoms with E-state index in [1.807, 2.05) is 29.6 Å². The second kappa shape index (κ2) is 6.32. The van der Waals surface area contributed by atoms with Gasteiger partial charge in [-0.25, -0.2) is 0 Å². The average Bonchev–Trinajstić information content (AvgIpc) is 3.14. The van der Waals surface area contributed by atoms with Crippen LogP contribution in [0.4, 0.5) is 5.69 Å². The smallest absolute Gasteiger partial charge is 0.312 e. The first-order valence-electron chi connectivity index (χ1n) is 7.31. The van der Waals surface area contributed by atoms with Gasteiger partial charge in [-0.15, -0.1) is 11.3 Å². The van der Waals surface area contributed by atoms with Gasteiger partial charge in [0.25, 0.3) is 0 Å². The highest BCUT2D eigenvalue weighted by Crippen LogP contribution is 2.36. The van der Waals surface area contributed by atoms with E-state index in [1.165, 1.54) is 4.88 Å². The molecule has 1 aliphatic heterocycles. The molecule has 4 nitrogen and oxygen atoms in total. The van der Waals surface area contributed by atoms with Gasteiger partial charge in [0.15, 0.2) is 0 Å². The molecule has 0 saturated heterocycles. The molecule has 1 aromatic carbocycles. The number of anilines is 1. The highest BCUT2D eigenvalue weighted by Gasteiger charge is 2.35. The van der Waals surface area contributed by atoms with Crippen LogP contribution in [0, 0.1) is 0 Å². The van der Waals surface area contributed by atoms with Crippen molar-refractivity contribution in [3.63, 3.8) is 0 Å². The minimum absolute atomic E-state index is 0.00718. The van der Waals surface area contributed by atoms with Crippen LogP contribution in [-0.2, 0) is 16.0 Å². The number of carboxylic acids is 1. The first-order chi connectivity index (χ1) is 10.7. The SMILES string of the molecule is O=C(O)C1CN(C(=O)CCCc2cccs2)c2ccccc21. The molecule has 2 heterocycles. The normalized spacial score (nSPS) is 16.5. The van der Waals surface area contributed by atoms with E-state index in [0.29, 0.717) is 6.42 Å². The largest absolute Gasteiger partial charge is 0.481 e. The number of carboxylic acid groups (broad SMARTS) is 1. The van der Waals surface area contributed by atoms with Gasteiger partial charge in [0.2, 0.25) is 5.91 Å². The Kier molecular flexibility index (Phi) is 4.24. The van der Waals surface area contributed by atoms with Gasteiger partial charge in [-0.2, -0.15) is 0 Å². The van der Waals surface area contributed by atoms with Gasteiger partial charge < -0.3 is 10.0 Å². The van der Waals surface area contributed by atoms with E-state index in [-0.39, 0.29) is 12.5 Å². The Morgan fingerprint density at radius 1 is 1.23 bits per heavy atom. The molecule has 0 aliphatic carbocycles. The predicted molar refractivity (Wildman–Crippen MR) is 86.4 cm³/mol. The van der Waals surface area contributed by atoms with Crippen molar-refractivity contribution in [3.8, 4) is 0 Å². The number of amides is 1. The van der Waals surface area contributed by atoms with E-state index in [9.17, 15) is 14.7 Å². The number of carbonyl (C=O) groups excluding carboxylic acids is 1. The zero-order valence-corrected chi connectivity index (χ0v) is 12.9. The van der Waals surface area contributed by atoms with Gasteiger partial charge in [-0.1, -0.05) is 24.3 Å². The number of carbonyl (C=O) groups is 2. The number of aryl methyl sites for hydroxylation is 1. The van der Waals surface area contributed by atoms with Crippen molar-refractivity contribution < 1.29 is 14.7 Å². The molecule has 0 spiro atoms. The van der Waals surface area contributed by atoms with Crippen molar-refractivity contribution in [1.82, 2.24) is 0 Å². The number of para-hydroxylation sites is 1. The Hall–Kier alpha value is -2.14. The molecule has 22 heavy (non-hydrogen) atoms. The monoisotopic (exact) mass is 315 g/mol. The lowest BCUT2D eigenvalue weighted by Gasteiger charge is -2.17. The van der Waals surface area contributed by atoms with Crippen molar-refractivity contribution in [2.45, 2.75) is 25.2 Å². The fraction of sp³-hybridized carbons (Fsp3) is 0.294. The number of hydrogen-bond acceptors (Lipinski definition) is 3. The lowest BCUT2D eigenvalue weighted by atomic mass is 10.0. The number of rotatable bonds is 5. The van der Waals surface area contributed by atoms with Crippen LogP contribution in [0.2, 0.25) is 0 Å². The molecule has 0 radical (unpaired) electrons. The summed E-state index contributed by atoms with van der Waals surface area (Å²) in [5.74, 6) is -1.48. The van der Waals surface area contributed by atoms with Crippen LogP contribution < -0.4 is 4.90 Å². The molecule has 1 unspecified atom stereocenters. The van der Waals surface area contributed by atoms with Crippen LogP contribution in [-0.4, -0.2) is 23.5 Å². The van der Waals surface area contributed by atoms with Crippen LogP contribution in [0.1, 0.15) is 29.2 Å². The third kappa shape index (κ3) is 2.90. The van der Waals surface area contributed by atoms with E-state index in [0.717, 1.165) is 24.1 Å². The molecule has 1 N–H and O–H groups in total. The van der Waals surface area contributed by atoms with Crippen molar-refractivity contribution in [3.05, 3.63) is 52.2 Å². The zero-order valence-electron chi connectivity index (χ0n) is 12.1. The Morgan fingerprint density at radius 2 is 2.05 bits per heavy atom. The number of thiophene rings is 1. The lowest BCUT2D eigenvalue weighted by Crippen LogP contribution is -2.31. The fourth-order valence-corrected chi connectivity index (χ4v) is 3.61. The van der Waals surface area contributed by atoms with E-state index < -0.39 is 11.9 Å². The third-order valence-corrected chi connectivity index (χ3v) is 4.90. The Bertz CT molecular complexity index is 681. The summed E-state index contributed by atoms with van der Waals surface area (Å²) in [6, 6.07) is 11.4. The number of benzene rings is 1. The Labute approximate surface area is 133 Å². The van der Waals surface area contributed by atoms with Crippen LogP contribution >= 0.6 is 11.3 Å². The minimum atomic E-state index is -0.874. The van der Waals surface area contributed by atoms with Crippen LogP contribution in [0.25, 0.3) is 0 Å². The van der Waals surface area contributed by atoms with Crippen molar-refractivity contribution >= 4 is 28.9 Å². The highest BCUT2D eigenvalue weighted by molar-refractivity contribution is 7.09. The van der Waals surface area contributed by atoms with Crippen LogP contribution in [0.3, 0.4) is 0 Å². The molecule has 1 aliphatic rings. The third-order valence-electron chi connectivity index (χ3n) is 3.96. The maximum absolute atomic E-state index is 12.4. The standard InChI is InChI=1S/C17H17NO3S/c19-16(9-3-5-12-6-4-10-22-12)18-11-14(17(20)21)13-7-1-2-8-15(13)18/h1-2,4,6-8,10,14H,3,5,9,11H2,(H,20,21). The second-order valence-corrected chi connectivity index (χ2v) is 6.42. The summed E-state index contributed by atoms with van der Waals surface area (Å²) in [4.78, 5) is 26.7. The zero-order chi connectivity index (χ0) is 15.5. The van der Waals surface area contributed by atoms with E-state index >= 15 is 0 Å². The topological polar surface area (TPSA) is 57.6 Å². The molecule has 1 aromatic heterocycles. The summed E-state index contributed by atoms with van der Waals surface area (Å²) in [7, 11) is 0. The summed E-state index contributed by atoms with van der Waals surface area (Å²) >= 11 is 1.70. The van der Waals surface area contributed by atoms with E-state index in [2.05, 4.69) is 6.07 Å². The maximum atomic E-state index is 12.4.